The molecule has 0 bridgehead atoms. The molecule has 4 rings (SSSR count). The van der Waals surface area contributed by atoms with E-state index in [4.69, 9.17) is 4.42 Å². The van der Waals surface area contributed by atoms with Gasteiger partial charge < -0.3 is 15.1 Å². The number of fused-ring (bicyclic) bond motifs is 1. The molecule has 0 radical (unpaired) electrons. The Morgan fingerprint density at radius 1 is 0.912 bits per heavy atom. The van der Waals surface area contributed by atoms with Crippen LogP contribution in [0.25, 0.3) is 11.0 Å². The summed E-state index contributed by atoms with van der Waals surface area (Å²) in [6, 6.07) is 22.9. The molecule has 0 saturated heterocycles. The molecule has 2 amide bonds. The molecule has 3 aromatic carbocycles. The summed E-state index contributed by atoms with van der Waals surface area (Å²) in [7, 11) is -3.42. The highest BCUT2D eigenvalue weighted by atomic mass is 32.2. The predicted octanol–water partition coefficient (Wildman–Crippen LogP) is 3.92. The largest absolute Gasteiger partial charge is 0.451 e. The van der Waals surface area contributed by atoms with E-state index in [2.05, 4.69) is 15.4 Å². The zero-order chi connectivity index (χ0) is 24.1. The van der Waals surface area contributed by atoms with Crippen LogP contribution in [-0.2, 0) is 27.8 Å². The second-order valence-corrected chi connectivity index (χ2v) is 9.53. The van der Waals surface area contributed by atoms with Crippen molar-refractivity contribution in [2.75, 3.05) is 16.3 Å². The summed E-state index contributed by atoms with van der Waals surface area (Å²) >= 11 is 0. The van der Waals surface area contributed by atoms with Crippen LogP contribution < -0.4 is 15.4 Å². The summed E-state index contributed by atoms with van der Waals surface area (Å²) in [5.74, 6) is -0.355. The average Bonchev–Trinajstić information content (AvgIpc) is 3.23. The number of rotatable bonds is 8. The lowest BCUT2D eigenvalue weighted by Gasteiger charge is -2.12. The molecule has 34 heavy (non-hydrogen) atoms. The van der Waals surface area contributed by atoms with Gasteiger partial charge in [-0.15, -0.1) is 0 Å². The van der Waals surface area contributed by atoms with Gasteiger partial charge in [-0.3, -0.25) is 14.3 Å². The summed E-state index contributed by atoms with van der Waals surface area (Å²) < 4.78 is 31.1. The first-order valence-electron chi connectivity index (χ1n) is 10.5. The lowest BCUT2D eigenvalue weighted by Crippen LogP contribution is -2.25. The molecule has 4 aromatic rings. The quantitative estimate of drug-likeness (QED) is 0.356. The summed E-state index contributed by atoms with van der Waals surface area (Å²) in [5.41, 5.74) is 3.07. The third-order valence-electron chi connectivity index (χ3n) is 5.01. The molecule has 0 unspecified atom stereocenters. The smallest absolute Gasteiger partial charge is 0.291 e. The Morgan fingerprint density at radius 2 is 1.62 bits per heavy atom. The van der Waals surface area contributed by atoms with E-state index in [0.717, 1.165) is 17.2 Å². The van der Waals surface area contributed by atoms with Crippen molar-refractivity contribution in [1.82, 2.24) is 5.32 Å². The lowest BCUT2D eigenvalue weighted by atomic mass is 10.1. The zero-order valence-electron chi connectivity index (χ0n) is 18.4. The highest BCUT2D eigenvalue weighted by molar-refractivity contribution is 7.92. The molecule has 8 nitrogen and oxygen atoms in total. The van der Waals surface area contributed by atoms with E-state index in [9.17, 15) is 18.0 Å². The monoisotopic (exact) mass is 477 g/mol. The fourth-order valence-corrected chi connectivity index (χ4v) is 4.01. The third kappa shape index (κ3) is 6.02. The minimum atomic E-state index is -3.42. The van der Waals surface area contributed by atoms with Crippen LogP contribution in [0.3, 0.4) is 0 Å². The highest BCUT2D eigenvalue weighted by Crippen LogP contribution is 2.20. The maximum atomic E-state index is 12.5. The number of sulfonamides is 1. The van der Waals surface area contributed by atoms with E-state index in [1.165, 1.54) is 0 Å². The molecule has 1 heterocycles. The number of anilines is 2. The highest BCUT2D eigenvalue weighted by Gasteiger charge is 2.13. The fraction of sp³-hybridized carbons (Fsp3) is 0.120. The van der Waals surface area contributed by atoms with Gasteiger partial charge in [-0.1, -0.05) is 48.5 Å². The van der Waals surface area contributed by atoms with E-state index in [0.29, 0.717) is 22.5 Å². The van der Waals surface area contributed by atoms with E-state index < -0.39 is 10.0 Å². The number of nitrogens with one attached hydrogen (secondary N) is 3. The Balaban J connectivity index is 1.32. The Hall–Kier alpha value is -4.11. The number of benzene rings is 3. The maximum Gasteiger partial charge on any atom is 0.291 e. The van der Waals surface area contributed by atoms with Crippen LogP contribution in [0.1, 0.15) is 21.7 Å². The summed E-state index contributed by atoms with van der Waals surface area (Å²) in [4.78, 5) is 24.9. The number of hydrogen-bond acceptors (Lipinski definition) is 5. The SMILES string of the molecule is CS(=O)(=O)Nc1ccccc1CNC(=O)Cc1ccc(NC(=O)c2cc3ccccc3o2)cc1. The number of amides is 2. The Bertz CT molecular complexity index is 1410. The normalized spacial score (nSPS) is 11.2. The molecule has 3 N–H and O–H groups in total. The Morgan fingerprint density at radius 3 is 2.35 bits per heavy atom. The Labute approximate surface area is 197 Å². The fourth-order valence-electron chi connectivity index (χ4n) is 3.41. The molecule has 9 heteroatoms. The number of furan rings is 1. The molecule has 0 fully saturated rings. The molecule has 1 aromatic heterocycles. The molecular weight excluding hydrogens is 454 g/mol. The minimum Gasteiger partial charge on any atom is -0.451 e. The molecule has 0 aliphatic heterocycles. The van der Waals surface area contributed by atoms with Gasteiger partial charge >= 0.3 is 0 Å². The summed E-state index contributed by atoms with van der Waals surface area (Å²) in [6.45, 7) is 0.184. The first kappa shape index (κ1) is 23.1. The van der Waals surface area contributed by atoms with E-state index in [-0.39, 0.29) is 30.5 Å². The Kier molecular flexibility index (Phi) is 6.65. The van der Waals surface area contributed by atoms with Gasteiger partial charge in [-0.05, 0) is 41.5 Å². The van der Waals surface area contributed by atoms with Gasteiger partial charge in [0, 0.05) is 17.6 Å². The van der Waals surface area contributed by atoms with Crippen molar-refractivity contribution in [3.05, 3.63) is 95.7 Å². The van der Waals surface area contributed by atoms with Gasteiger partial charge in [0.25, 0.3) is 5.91 Å². The molecule has 0 saturated carbocycles. The van der Waals surface area contributed by atoms with Crippen LogP contribution in [0.5, 0.6) is 0 Å². The third-order valence-corrected chi connectivity index (χ3v) is 5.61. The molecule has 0 atom stereocenters. The second kappa shape index (κ2) is 9.80. The first-order chi connectivity index (χ1) is 16.3. The van der Waals surface area contributed by atoms with Crippen molar-refractivity contribution < 1.29 is 22.4 Å². The summed E-state index contributed by atoms with van der Waals surface area (Å²) in [5, 5.41) is 6.43. The molecule has 0 aliphatic carbocycles. The van der Waals surface area contributed by atoms with Crippen LogP contribution in [-0.4, -0.2) is 26.5 Å². The number of carbonyl (C=O) groups is 2. The van der Waals surface area contributed by atoms with Crippen LogP contribution in [0.2, 0.25) is 0 Å². The molecule has 174 valence electrons. The minimum absolute atomic E-state index is 0.138. The number of hydrogen-bond donors (Lipinski definition) is 3. The topological polar surface area (TPSA) is 118 Å². The van der Waals surface area contributed by atoms with Crippen molar-refractivity contribution >= 4 is 44.2 Å². The standard InChI is InChI=1S/C25H23N3O5S/c1-34(31,32)28-21-8-4-2-7-19(21)16-26-24(29)14-17-10-12-20(13-11-17)27-25(30)23-15-18-6-3-5-9-22(18)33-23/h2-13,15,28H,14,16H2,1H3,(H,26,29)(H,27,30). The lowest BCUT2D eigenvalue weighted by molar-refractivity contribution is -0.120. The number of carbonyl (C=O) groups excluding carboxylic acids is 2. The van der Waals surface area contributed by atoms with Crippen molar-refractivity contribution in [2.45, 2.75) is 13.0 Å². The predicted molar refractivity (Wildman–Crippen MR) is 131 cm³/mol. The molecule has 0 spiro atoms. The van der Waals surface area contributed by atoms with Gasteiger partial charge in [0.2, 0.25) is 15.9 Å². The average molecular weight is 478 g/mol. The van der Waals surface area contributed by atoms with Crippen LogP contribution in [0, 0.1) is 0 Å². The van der Waals surface area contributed by atoms with Crippen molar-refractivity contribution in [2.24, 2.45) is 0 Å². The van der Waals surface area contributed by atoms with Gasteiger partial charge in [0.1, 0.15) is 5.58 Å². The van der Waals surface area contributed by atoms with Crippen molar-refractivity contribution in [3.63, 3.8) is 0 Å². The second-order valence-electron chi connectivity index (χ2n) is 7.78. The van der Waals surface area contributed by atoms with Crippen LogP contribution >= 0.6 is 0 Å². The molecular formula is C25H23N3O5S. The van der Waals surface area contributed by atoms with E-state index in [1.807, 2.05) is 18.2 Å². The number of para-hydroxylation sites is 2. The van der Waals surface area contributed by atoms with E-state index in [1.54, 1.807) is 60.7 Å². The van der Waals surface area contributed by atoms with Gasteiger partial charge in [0.05, 0.1) is 18.4 Å². The maximum absolute atomic E-state index is 12.5. The molecule has 0 aliphatic rings. The van der Waals surface area contributed by atoms with Crippen LogP contribution in [0.4, 0.5) is 11.4 Å². The van der Waals surface area contributed by atoms with Gasteiger partial charge in [-0.25, -0.2) is 8.42 Å². The van der Waals surface area contributed by atoms with Crippen molar-refractivity contribution in [3.8, 4) is 0 Å². The van der Waals surface area contributed by atoms with E-state index >= 15 is 0 Å². The van der Waals surface area contributed by atoms with Gasteiger partial charge in [0.15, 0.2) is 5.76 Å². The summed E-state index contributed by atoms with van der Waals surface area (Å²) in [6.07, 6.45) is 1.21. The first-order valence-corrected chi connectivity index (χ1v) is 12.4. The van der Waals surface area contributed by atoms with Crippen molar-refractivity contribution in [1.29, 1.82) is 0 Å². The van der Waals surface area contributed by atoms with Crippen LogP contribution in [0.15, 0.2) is 83.3 Å². The van der Waals surface area contributed by atoms with Gasteiger partial charge in [-0.2, -0.15) is 0 Å². The zero-order valence-corrected chi connectivity index (χ0v) is 19.2.